The summed E-state index contributed by atoms with van der Waals surface area (Å²) in [6, 6.07) is -0.547. The zero-order valence-electron chi connectivity index (χ0n) is 8.80. The summed E-state index contributed by atoms with van der Waals surface area (Å²) in [5, 5.41) is 8.77. The molecule has 15 heavy (non-hydrogen) atoms. The highest BCUT2D eigenvalue weighted by atomic mass is 32.2. The molecule has 0 amide bonds. The minimum Gasteiger partial charge on any atom is -0.395 e. The van der Waals surface area contributed by atoms with Gasteiger partial charge in [0.2, 0.25) is 10.0 Å². The van der Waals surface area contributed by atoms with E-state index in [1.165, 1.54) is 0 Å². The van der Waals surface area contributed by atoms with Crippen molar-refractivity contribution in [1.82, 2.24) is 4.72 Å². The summed E-state index contributed by atoms with van der Waals surface area (Å²) in [5.41, 5.74) is 0. The van der Waals surface area contributed by atoms with Crippen molar-refractivity contribution in [3.63, 3.8) is 0 Å². The first-order valence-corrected chi connectivity index (χ1v) is 8.20. The molecule has 0 bridgehead atoms. The molecule has 0 aromatic carbocycles. The van der Waals surface area contributed by atoms with Gasteiger partial charge in [-0.15, -0.1) is 0 Å². The zero-order chi connectivity index (χ0) is 12.1. The highest BCUT2D eigenvalue weighted by Crippen LogP contribution is 1.95. The van der Waals surface area contributed by atoms with Gasteiger partial charge in [0.25, 0.3) is 0 Å². The molecule has 0 aromatic rings. The Morgan fingerprint density at radius 3 is 2.07 bits per heavy atom. The summed E-state index contributed by atoms with van der Waals surface area (Å²) in [5.74, 6) is -0.882. The van der Waals surface area contributed by atoms with Gasteiger partial charge in [-0.1, -0.05) is 6.92 Å². The molecule has 0 aromatic heterocycles. The van der Waals surface area contributed by atoms with Crippen LogP contribution in [0.4, 0.5) is 0 Å². The number of nitrogens with one attached hydrogen (secondary N) is 1. The Bertz CT molecular complexity index is 368. The molecule has 1 atom stereocenters. The summed E-state index contributed by atoms with van der Waals surface area (Å²) in [6.07, 6.45) is 1.43. The number of hydrogen-bond acceptors (Lipinski definition) is 5. The largest absolute Gasteiger partial charge is 0.395 e. The van der Waals surface area contributed by atoms with Crippen molar-refractivity contribution in [2.45, 2.75) is 19.4 Å². The molecule has 0 saturated heterocycles. The van der Waals surface area contributed by atoms with Crippen molar-refractivity contribution < 1.29 is 21.9 Å². The number of sulfonamides is 1. The van der Waals surface area contributed by atoms with E-state index < -0.39 is 37.4 Å². The molecule has 0 radical (unpaired) electrons. The van der Waals surface area contributed by atoms with Crippen LogP contribution in [-0.4, -0.2) is 52.4 Å². The summed E-state index contributed by atoms with van der Waals surface area (Å²) in [6.45, 7) is 1.43. The molecule has 0 fully saturated rings. The van der Waals surface area contributed by atoms with E-state index in [0.29, 0.717) is 6.42 Å². The fourth-order valence-corrected chi connectivity index (χ4v) is 3.78. The molecular formula is C7H17NO5S2. The zero-order valence-corrected chi connectivity index (χ0v) is 10.4. The lowest BCUT2D eigenvalue weighted by Crippen LogP contribution is -2.39. The van der Waals surface area contributed by atoms with Crippen molar-refractivity contribution in [2.24, 2.45) is 0 Å². The van der Waals surface area contributed by atoms with Gasteiger partial charge in [-0.05, 0) is 6.42 Å². The number of aliphatic hydroxyl groups excluding tert-OH is 1. The average Bonchev–Trinajstić information content (AvgIpc) is 2.10. The normalized spacial score (nSPS) is 15.1. The first-order valence-electron chi connectivity index (χ1n) is 4.48. The van der Waals surface area contributed by atoms with Gasteiger partial charge in [0.05, 0.1) is 18.1 Å². The lowest BCUT2D eigenvalue weighted by Gasteiger charge is -2.13. The maximum atomic E-state index is 11.3. The van der Waals surface area contributed by atoms with Crippen molar-refractivity contribution in [3.8, 4) is 0 Å². The van der Waals surface area contributed by atoms with Crippen molar-refractivity contribution in [1.29, 1.82) is 0 Å². The molecule has 6 nitrogen and oxygen atoms in total. The van der Waals surface area contributed by atoms with Crippen LogP contribution < -0.4 is 4.72 Å². The Kier molecular flexibility index (Phi) is 5.71. The SMILES string of the molecule is CC[C@H](CO)NS(=O)(=O)CCS(C)(=O)=O. The van der Waals surface area contributed by atoms with E-state index in [1.807, 2.05) is 0 Å². The molecule has 0 saturated carbocycles. The van der Waals surface area contributed by atoms with E-state index in [4.69, 9.17) is 5.11 Å². The van der Waals surface area contributed by atoms with Gasteiger partial charge < -0.3 is 5.11 Å². The van der Waals surface area contributed by atoms with Crippen molar-refractivity contribution in [3.05, 3.63) is 0 Å². The van der Waals surface area contributed by atoms with Gasteiger partial charge in [-0.2, -0.15) is 0 Å². The van der Waals surface area contributed by atoms with Crippen LogP contribution >= 0.6 is 0 Å². The van der Waals surface area contributed by atoms with E-state index in [-0.39, 0.29) is 6.61 Å². The highest BCUT2D eigenvalue weighted by Gasteiger charge is 2.17. The van der Waals surface area contributed by atoms with Crippen molar-refractivity contribution in [2.75, 3.05) is 24.4 Å². The molecule has 0 spiro atoms. The highest BCUT2D eigenvalue weighted by molar-refractivity contribution is 7.93. The van der Waals surface area contributed by atoms with E-state index in [1.54, 1.807) is 6.92 Å². The van der Waals surface area contributed by atoms with Crippen LogP contribution in [0.15, 0.2) is 0 Å². The van der Waals surface area contributed by atoms with Gasteiger partial charge in [-0.3, -0.25) is 0 Å². The van der Waals surface area contributed by atoms with Crippen LogP contribution in [0.1, 0.15) is 13.3 Å². The smallest absolute Gasteiger partial charge is 0.212 e. The Balaban J connectivity index is 4.32. The molecule has 0 heterocycles. The predicted octanol–water partition coefficient (Wildman–Crippen LogP) is -1.28. The molecule has 2 N–H and O–H groups in total. The second-order valence-corrected chi connectivity index (χ2v) is 7.49. The third-order valence-electron chi connectivity index (χ3n) is 1.78. The minimum atomic E-state index is -3.63. The molecule has 0 aliphatic rings. The molecule has 8 heteroatoms. The molecule has 0 rings (SSSR count). The maximum absolute atomic E-state index is 11.3. The van der Waals surface area contributed by atoms with E-state index >= 15 is 0 Å². The van der Waals surface area contributed by atoms with E-state index in [9.17, 15) is 16.8 Å². The second kappa shape index (κ2) is 5.78. The van der Waals surface area contributed by atoms with Crippen LogP contribution in [0.2, 0.25) is 0 Å². The lowest BCUT2D eigenvalue weighted by molar-refractivity contribution is 0.254. The lowest BCUT2D eigenvalue weighted by atomic mass is 10.3. The summed E-state index contributed by atoms with van der Waals surface area (Å²) >= 11 is 0. The predicted molar refractivity (Wildman–Crippen MR) is 57.8 cm³/mol. The first-order chi connectivity index (χ1) is 6.70. The fourth-order valence-electron chi connectivity index (χ4n) is 0.824. The molecule has 92 valence electrons. The number of rotatable bonds is 7. The monoisotopic (exact) mass is 259 g/mol. The summed E-state index contributed by atoms with van der Waals surface area (Å²) < 4.78 is 46.4. The van der Waals surface area contributed by atoms with Crippen LogP contribution in [0, 0.1) is 0 Å². The van der Waals surface area contributed by atoms with Gasteiger partial charge in [0.1, 0.15) is 9.84 Å². The Morgan fingerprint density at radius 1 is 1.20 bits per heavy atom. The topological polar surface area (TPSA) is 101 Å². The Morgan fingerprint density at radius 2 is 1.73 bits per heavy atom. The van der Waals surface area contributed by atoms with Crippen molar-refractivity contribution >= 4 is 19.9 Å². The molecule has 0 aliphatic heterocycles. The van der Waals surface area contributed by atoms with Gasteiger partial charge in [-0.25, -0.2) is 21.6 Å². The van der Waals surface area contributed by atoms with Crippen LogP contribution in [0.5, 0.6) is 0 Å². The Hall–Kier alpha value is -0.180. The first kappa shape index (κ1) is 14.8. The number of sulfone groups is 1. The van der Waals surface area contributed by atoms with E-state index in [2.05, 4.69) is 4.72 Å². The number of aliphatic hydroxyl groups is 1. The minimum absolute atomic E-state index is 0.297. The third kappa shape index (κ3) is 7.71. The maximum Gasteiger partial charge on any atom is 0.212 e. The third-order valence-corrected chi connectivity index (χ3v) is 4.42. The Labute approximate surface area is 90.7 Å². The summed E-state index contributed by atoms with van der Waals surface area (Å²) in [7, 11) is -6.92. The van der Waals surface area contributed by atoms with Gasteiger partial charge >= 0.3 is 0 Å². The standard InChI is InChI=1S/C7H17NO5S2/c1-3-7(6-9)8-15(12,13)5-4-14(2,10)11/h7-9H,3-6H2,1-2H3/t7-/m1/s1. The van der Waals surface area contributed by atoms with E-state index in [0.717, 1.165) is 6.26 Å². The van der Waals surface area contributed by atoms with Gasteiger partial charge in [0.15, 0.2) is 0 Å². The number of hydrogen-bond donors (Lipinski definition) is 2. The molecular weight excluding hydrogens is 242 g/mol. The van der Waals surface area contributed by atoms with Crippen LogP contribution in [-0.2, 0) is 19.9 Å². The fraction of sp³-hybridized carbons (Fsp3) is 1.00. The van der Waals surface area contributed by atoms with Crippen LogP contribution in [0.25, 0.3) is 0 Å². The second-order valence-electron chi connectivity index (χ2n) is 3.35. The molecule has 0 unspecified atom stereocenters. The average molecular weight is 259 g/mol. The van der Waals surface area contributed by atoms with Gasteiger partial charge in [0, 0.05) is 12.3 Å². The quantitative estimate of drug-likeness (QED) is 0.593. The van der Waals surface area contributed by atoms with Crippen LogP contribution in [0.3, 0.4) is 0 Å². The summed E-state index contributed by atoms with van der Waals surface area (Å²) in [4.78, 5) is 0. The molecule has 0 aliphatic carbocycles.